The molecule has 2 aliphatic heterocycles. The van der Waals surface area contributed by atoms with Gasteiger partial charge in [-0.2, -0.15) is 4.73 Å². The summed E-state index contributed by atoms with van der Waals surface area (Å²) in [6, 6.07) is 14.0. The Bertz CT molecular complexity index is 1650. The lowest BCUT2D eigenvalue weighted by atomic mass is 9.89. The van der Waals surface area contributed by atoms with Crippen LogP contribution >= 0.6 is 46.4 Å². The van der Waals surface area contributed by atoms with E-state index in [4.69, 9.17) is 51.2 Å². The van der Waals surface area contributed by atoms with Crippen molar-refractivity contribution in [1.82, 2.24) is 19.6 Å². The lowest BCUT2D eigenvalue weighted by molar-refractivity contribution is -0.605. The number of amides is 3. The summed E-state index contributed by atoms with van der Waals surface area (Å²) in [4.78, 5) is 40.0. The van der Waals surface area contributed by atoms with Crippen LogP contribution < -0.4 is 4.73 Å². The van der Waals surface area contributed by atoms with Gasteiger partial charge in [-0.05, 0) is 74.2 Å². The molecule has 14 heteroatoms. The Morgan fingerprint density at radius 1 is 1.04 bits per heavy atom. The molecule has 2 aliphatic rings. The first-order valence-corrected chi connectivity index (χ1v) is 17.8. The van der Waals surface area contributed by atoms with Crippen molar-refractivity contribution in [1.29, 1.82) is 0 Å². The molecule has 2 saturated heterocycles. The summed E-state index contributed by atoms with van der Waals surface area (Å²) in [7, 11) is 3.18. The van der Waals surface area contributed by atoms with Crippen LogP contribution in [0.25, 0.3) is 0 Å². The van der Waals surface area contributed by atoms with Gasteiger partial charge in [0, 0.05) is 72.4 Å². The normalized spacial score (nSPS) is 16.9. The predicted molar refractivity (Wildman–Crippen MR) is 194 cm³/mol. The molecule has 0 saturated carbocycles. The van der Waals surface area contributed by atoms with Gasteiger partial charge in [-0.15, -0.1) is 0 Å². The summed E-state index contributed by atoms with van der Waals surface area (Å²) < 4.78 is 0.767. The first kappa shape index (κ1) is 37.0. The standard InChI is InChI=1S/C35H40Cl4N6O4/c1-41(34(46)26-17-27(36)20-28(37)18-26)23-33(40-49-2)30(25-6-7-31(38)32(39)19-25)10-16-42-14-8-29(9-15-42)45-13-4-11-43(35(45)47)21-24-5-3-12-44(48)22-24/h3,5-7,12,17-20,22,29-30H,4,8-11,13-16,21,23H2,1-2H3/b40-33+. The van der Waals surface area contributed by atoms with E-state index in [1.165, 1.54) is 19.5 Å². The molecule has 1 unspecified atom stereocenters. The van der Waals surface area contributed by atoms with Crippen molar-refractivity contribution in [2.24, 2.45) is 5.16 Å². The number of piperidine rings is 1. The Morgan fingerprint density at radius 3 is 2.45 bits per heavy atom. The Balaban J connectivity index is 1.24. The maximum atomic E-state index is 13.5. The molecule has 1 aromatic heterocycles. The van der Waals surface area contributed by atoms with Crippen molar-refractivity contribution in [3.05, 3.63) is 103 Å². The molecule has 3 amide bonds. The molecule has 0 bridgehead atoms. The third-order valence-corrected chi connectivity index (χ3v) is 10.3. The summed E-state index contributed by atoms with van der Waals surface area (Å²) >= 11 is 25.1. The minimum atomic E-state index is -0.258. The lowest BCUT2D eigenvalue weighted by Gasteiger charge is -2.43. The minimum Gasteiger partial charge on any atom is -0.619 e. The van der Waals surface area contributed by atoms with Gasteiger partial charge in [-0.3, -0.25) is 4.79 Å². The maximum Gasteiger partial charge on any atom is 0.320 e. The Hall–Kier alpha value is -3.28. The van der Waals surface area contributed by atoms with Crippen LogP contribution in [0.5, 0.6) is 0 Å². The molecule has 3 aromatic rings. The van der Waals surface area contributed by atoms with Crippen LogP contribution in [0.2, 0.25) is 20.1 Å². The van der Waals surface area contributed by atoms with Crippen LogP contribution in [-0.2, 0) is 11.4 Å². The molecule has 0 aliphatic carbocycles. The Kier molecular flexibility index (Phi) is 12.9. The van der Waals surface area contributed by atoms with E-state index < -0.39 is 0 Å². The number of halogens is 4. The predicted octanol–water partition coefficient (Wildman–Crippen LogP) is 6.97. The fourth-order valence-electron chi connectivity index (χ4n) is 6.66. The average molecular weight is 751 g/mol. The molecular formula is C35H40Cl4N6O4. The zero-order valence-electron chi connectivity index (χ0n) is 27.5. The highest BCUT2D eigenvalue weighted by atomic mass is 35.5. The highest BCUT2D eigenvalue weighted by Crippen LogP contribution is 2.31. The van der Waals surface area contributed by atoms with E-state index in [1.807, 2.05) is 28.0 Å². The number of benzene rings is 2. The fraction of sp³-hybridized carbons (Fsp3) is 0.429. The number of hydrogen-bond acceptors (Lipinski definition) is 6. The summed E-state index contributed by atoms with van der Waals surface area (Å²) in [5.74, 6) is -0.486. The molecule has 262 valence electrons. The lowest BCUT2D eigenvalue weighted by Crippen LogP contribution is -2.55. The van der Waals surface area contributed by atoms with Crippen LogP contribution in [0, 0.1) is 5.21 Å². The van der Waals surface area contributed by atoms with E-state index in [-0.39, 0.29) is 30.4 Å². The van der Waals surface area contributed by atoms with Crippen LogP contribution in [0.3, 0.4) is 0 Å². The fourth-order valence-corrected chi connectivity index (χ4v) is 7.49. The Morgan fingerprint density at radius 2 is 1.78 bits per heavy atom. The van der Waals surface area contributed by atoms with Gasteiger partial charge >= 0.3 is 6.03 Å². The average Bonchev–Trinajstić information content (AvgIpc) is 3.07. The second-order valence-electron chi connectivity index (χ2n) is 12.5. The third kappa shape index (κ3) is 9.70. The maximum absolute atomic E-state index is 13.5. The number of aromatic nitrogens is 1. The van der Waals surface area contributed by atoms with Crippen LogP contribution in [-0.4, -0.2) is 96.7 Å². The van der Waals surface area contributed by atoms with E-state index >= 15 is 0 Å². The number of oxime groups is 1. The van der Waals surface area contributed by atoms with Crippen molar-refractivity contribution in [2.45, 2.75) is 44.2 Å². The second-order valence-corrected chi connectivity index (χ2v) is 14.2. The quantitative estimate of drug-likeness (QED) is 0.0863. The molecule has 2 fully saturated rings. The van der Waals surface area contributed by atoms with Crippen molar-refractivity contribution in [3.8, 4) is 0 Å². The number of hydrogen-bond donors (Lipinski definition) is 0. The second kappa shape index (κ2) is 17.1. The number of rotatable bonds is 12. The van der Waals surface area contributed by atoms with E-state index in [0.29, 0.717) is 50.9 Å². The molecule has 0 spiro atoms. The number of likely N-dealkylation sites (tertiary alicyclic amines) is 1. The van der Waals surface area contributed by atoms with Gasteiger partial charge in [0.1, 0.15) is 7.11 Å². The summed E-state index contributed by atoms with van der Waals surface area (Å²) in [5, 5.41) is 17.8. The first-order valence-electron chi connectivity index (χ1n) is 16.2. The Labute approximate surface area is 307 Å². The van der Waals surface area contributed by atoms with Gasteiger partial charge in [0.2, 0.25) is 0 Å². The summed E-state index contributed by atoms with van der Waals surface area (Å²) in [6.45, 7) is 4.45. The molecule has 2 aromatic carbocycles. The molecule has 10 nitrogen and oxygen atoms in total. The number of carbonyl (C=O) groups is 2. The van der Waals surface area contributed by atoms with Crippen LogP contribution in [0.1, 0.15) is 53.1 Å². The van der Waals surface area contributed by atoms with Crippen LogP contribution in [0.15, 0.2) is 66.1 Å². The molecule has 5 rings (SSSR count). The van der Waals surface area contributed by atoms with Crippen molar-refractivity contribution in [3.63, 3.8) is 0 Å². The summed E-state index contributed by atoms with van der Waals surface area (Å²) in [6.07, 6.45) is 6.26. The number of carbonyl (C=O) groups excluding carboxylic acids is 2. The third-order valence-electron chi connectivity index (χ3n) is 9.10. The van der Waals surface area contributed by atoms with Crippen molar-refractivity contribution < 1.29 is 19.2 Å². The van der Waals surface area contributed by atoms with E-state index in [0.717, 1.165) is 61.3 Å². The topological polar surface area (TPSA) is 95.6 Å². The highest BCUT2D eigenvalue weighted by molar-refractivity contribution is 6.42. The minimum absolute atomic E-state index is 0.0322. The van der Waals surface area contributed by atoms with Gasteiger partial charge in [-0.25, -0.2) is 4.79 Å². The molecular weight excluding hydrogens is 710 g/mol. The number of pyridine rings is 1. The molecule has 0 radical (unpaired) electrons. The van der Waals surface area contributed by atoms with Gasteiger partial charge in [0.15, 0.2) is 12.4 Å². The molecule has 1 atom stereocenters. The van der Waals surface area contributed by atoms with Gasteiger partial charge in [-0.1, -0.05) is 57.6 Å². The van der Waals surface area contributed by atoms with Gasteiger partial charge in [0.25, 0.3) is 5.91 Å². The van der Waals surface area contributed by atoms with Crippen molar-refractivity contribution in [2.75, 3.05) is 53.4 Å². The molecule has 49 heavy (non-hydrogen) atoms. The van der Waals surface area contributed by atoms with Crippen molar-refractivity contribution >= 4 is 64.1 Å². The highest BCUT2D eigenvalue weighted by Gasteiger charge is 2.34. The zero-order chi connectivity index (χ0) is 35.1. The van der Waals surface area contributed by atoms with Gasteiger partial charge < -0.3 is 29.6 Å². The van der Waals surface area contributed by atoms with Crippen LogP contribution in [0.4, 0.5) is 4.79 Å². The first-order chi connectivity index (χ1) is 23.5. The largest absolute Gasteiger partial charge is 0.619 e. The zero-order valence-corrected chi connectivity index (χ0v) is 30.6. The number of urea groups is 1. The smallest absolute Gasteiger partial charge is 0.320 e. The summed E-state index contributed by atoms with van der Waals surface area (Å²) in [5.41, 5.74) is 2.75. The van der Waals surface area contributed by atoms with E-state index in [2.05, 4.69) is 10.1 Å². The van der Waals surface area contributed by atoms with E-state index in [9.17, 15) is 14.8 Å². The SMILES string of the molecule is CO/N=C(\CN(C)C(=O)c1cc(Cl)cc(Cl)c1)C(CCN1CCC(N2CCCN(Cc3ccc[n+]([O-])c3)C2=O)CC1)c1ccc(Cl)c(Cl)c1. The molecule has 3 heterocycles. The van der Waals surface area contributed by atoms with Gasteiger partial charge in [0.05, 0.1) is 28.8 Å². The molecule has 0 N–H and O–H groups in total. The van der Waals surface area contributed by atoms with E-state index in [1.54, 1.807) is 42.3 Å². The number of nitrogens with zero attached hydrogens (tertiary/aromatic N) is 6. The monoisotopic (exact) mass is 748 g/mol.